The van der Waals surface area contributed by atoms with Crippen LogP contribution in [-0.2, 0) is 20.9 Å². The number of nitrogens with one attached hydrogen (secondary N) is 2. The van der Waals surface area contributed by atoms with Gasteiger partial charge in [-0.1, -0.05) is 0 Å². The normalized spacial score (nSPS) is 16.0. The third kappa shape index (κ3) is 4.29. The molecule has 1 fully saturated rings. The van der Waals surface area contributed by atoms with Crippen molar-refractivity contribution in [1.82, 2.24) is 14.9 Å². The zero-order chi connectivity index (χ0) is 17.0. The number of amides is 1. The molecule has 122 valence electrons. The average molecular weight is 320 g/mol. The zero-order valence-electron chi connectivity index (χ0n) is 12.5. The van der Waals surface area contributed by atoms with E-state index in [0.29, 0.717) is 0 Å². The van der Waals surface area contributed by atoms with E-state index in [9.17, 15) is 19.2 Å². The zero-order valence-corrected chi connectivity index (χ0v) is 12.5. The summed E-state index contributed by atoms with van der Waals surface area (Å²) in [6.45, 7) is 0.659. The van der Waals surface area contributed by atoms with Gasteiger partial charge in [-0.2, -0.15) is 5.26 Å². The lowest BCUT2D eigenvalue weighted by Crippen LogP contribution is -2.48. The topological polar surface area (TPSA) is 134 Å². The molecule has 0 radical (unpaired) electrons. The molecule has 0 bridgehead atoms. The van der Waals surface area contributed by atoms with Crippen LogP contribution in [-0.4, -0.2) is 33.6 Å². The van der Waals surface area contributed by atoms with Crippen LogP contribution < -0.4 is 16.6 Å². The molecule has 1 aliphatic carbocycles. The van der Waals surface area contributed by atoms with Crippen molar-refractivity contribution in [2.75, 3.05) is 6.61 Å². The van der Waals surface area contributed by atoms with E-state index in [1.165, 1.54) is 0 Å². The summed E-state index contributed by atoms with van der Waals surface area (Å²) in [5.74, 6) is -1.27. The molecular weight excluding hydrogens is 304 g/mol. The van der Waals surface area contributed by atoms with Gasteiger partial charge in [-0.05, 0) is 25.7 Å². The van der Waals surface area contributed by atoms with Gasteiger partial charge in [-0.25, -0.2) is 4.79 Å². The Hall–Kier alpha value is -2.89. The smallest absolute Gasteiger partial charge is 0.328 e. The van der Waals surface area contributed by atoms with Gasteiger partial charge in [-0.15, -0.1) is 0 Å². The molecule has 23 heavy (non-hydrogen) atoms. The molecule has 0 aromatic carbocycles. The SMILES string of the molecule is C[C@](C#N)(NC(=O)COC(=O)Cn1ccc(=O)[nH]c1=O)C1CC1. The number of esters is 1. The van der Waals surface area contributed by atoms with Gasteiger partial charge >= 0.3 is 11.7 Å². The number of ether oxygens (including phenoxy) is 1. The van der Waals surface area contributed by atoms with Crippen LogP contribution in [0.4, 0.5) is 0 Å². The first-order chi connectivity index (χ1) is 10.8. The number of nitriles is 1. The minimum absolute atomic E-state index is 0.117. The minimum atomic E-state index is -0.959. The number of carbonyl (C=O) groups is 2. The number of hydrogen-bond acceptors (Lipinski definition) is 6. The molecule has 1 atom stereocenters. The van der Waals surface area contributed by atoms with Gasteiger partial charge in [0.1, 0.15) is 12.1 Å². The fourth-order valence-electron chi connectivity index (χ4n) is 2.11. The van der Waals surface area contributed by atoms with E-state index in [2.05, 4.69) is 11.4 Å². The molecule has 2 N–H and O–H groups in total. The summed E-state index contributed by atoms with van der Waals surface area (Å²) in [6.07, 6.45) is 2.90. The molecule has 9 nitrogen and oxygen atoms in total. The fourth-order valence-corrected chi connectivity index (χ4v) is 2.11. The second kappa shape index (κ2) is 6.48. The van der Waals surface area contributed by atoms with Crippen molar-refractivity contribution in [2.45, 2.75) is 31.8 Å². The van der Waals surface area contributed by atoms with Gasteiger partial charge in [0.2, 0.25) is 0 Å². The molecule has 1 saturated carbocycles. The van der Waals surface area contributed by atoms with Crippen molar-refractivity contribution in [2.24, 2.45) is 5.92 Å². The highest BCUT2D eigenvalue weighted by molar-refractivity contribution is 5.81. The molecule has 1 aromatic rings. The molecule has 1 heterocycles. The number of aromatic nitrogens is 2. The first-order valence-electron chi connectivity index (χ1n) is 7.02. The number of nitrogens with zero attached hydrogens (tertiary/aromatic N) is 2. The Morgan fingerprint density at radius 2 is 2.22 bits per heavy atom. The maximum Gasteiger partial charge on any atom is 0.328 e. The first-order valence-corrected chi connectivity index (χ1v) is 7.02. The van der Waals surface area contributed by atoms with E-state index in [0.717, 1.165) is 29.7 Å². The Bertz CT molecular complexity index is 770. The van der Waals surface area contributed by atoms with E-state index < -0.39 is 41.8 Å². The third-order valence-electron chi connectivity index (χ3n) is 3.59. The number of rotatable bonds is 6. The Morgan fingerprint density at radius 1 is 1.52 bits per heavy atom. The van der Waals surface area contributed by atoms with Crippen molar-refractivity contribution in [1.29, 1.82) is 5.26 Å². The Morgan fingerprint density at radius 3 is 2.78 bits per heavy atom. The van der Waals surface area contributed by atoms with Gasteiger partial charge in [-0.3, -0.25) is 23.9 Å². The quantitative estimate of drug-likeness (QED) is 0.638. The van der Waals surface area contributed by atoms with Gasteiger partial charge in [0.15, 0.2) is 6.61 Å². The molecule has 2 rings (SSSR count). The van der Waals surface area contributed by atoms with E-state index in [4.69, 9.17) is 10.00 Å². The second-order valence-electron chi connectivity index (χ2n) is 5.54. The van der Waals surface area contributed by atoms with E-state index >= 15 is 0 Å². The molecule has 1 amide bonds. The maximum atomic E-state index is 11.8. The summed E-state index contributed by atoms with van der Waals surface area (Å²) in [6, 6.07) is 3.15. The summed E-state index contributed by atoms with van der Waals surface area (Å²) >= 11 is 0. The van der Waals surface area contributed by atoms with Crippen LogP contribution in [0.25, 0.3) is 0 Å². The highest BCUT2D eigenvalue weighted by Crippen LogP contribution is 2.39. The molecular formula is C14H16N4O5. The van der Waals surface area contributed by atoms with Crippen molar-refractivity contribution in [3.63, 3.8) is 0 Å². The predicted molar refractivity (Wildman–Crippen MR) is 77.2 cm³/mol. The Labute approximate surface area is 130 Å². The Kier molecular flexibility index (Phi) is 4.64. The van der Waals surface area contributed by atoms with Crippen molar-refractivity contribution < 1.29 is 14.3 Å². The molecule has 0 saturated heterocycles. The van der Waals surface area contributed by atoms with E-state index in [-0.39, 0.29) is 5.92 Å². The molecule has 9 heteroatoms. The second-order valence-corrected chi connectivity index (χ2v) is 5.54. The van der Waals surface area contributed by atoms with Crippen molar-refractivity contribution in [3.05, 3.63) is 33.1 Å². The van der Waals surface area contributed by atoms with Gasteiger partial charge in [0.25, 0.3) is 11.5 Å². The van der Waals surface area contributed by atoms with E-state index in [1.807, 2.05) is 4.98 Å². The number of carbonyl (C=O) groups excluding carboxylic acids is 2. The lowest BCUT2D eigenvalue weighted by atomic mass is 9.98. The molecule has 1 aliphatic rings. The minimum Gasteiger partial charge on any atom is -0.454 e. The standard InChI is InChI=1S/C14H16N4O5/c1-14(8-15,9-2-3-9)17-11(20)7-23-12(21)6-18-5-4-10(19)16-13(18)22/h4-5,9H,2-3,6-7H2,1H3,(H,17,20)(H,16,19,22)/t14-/m1/s1. The molecule has 0 unspecified atom stereocenters. The predicted octanol–water partition coefficient (Wildman–Crippen LogP) is -1.11. The number of H-pyrrole nitrogens is 1. The van der Waals surface area contributed by atoms with Crippen LogP contribution in [0, 0.1) is 17.2 Å². The van der Waals surface area contributed by atoms with E-state index in [1.54, 1.807) is 6.92 Å². The summed E-state index contributed by atoms with van der Waals surface area (Å²) in [5, 5.41) is 11.7. The highest BCUT2D eigenvalue weighted by atomic mass is 16.5. The summed E-state index contributed by atoms with van der Waals surface area (Å²) in [5.41, 5.74) is -2.28. The van der Waals surface area contributed by atoms with Crippen molar-refractivity contribution in [3.8, 4) is 6.07 Å². The van der Waals surface area contributed by atoms with Gasteiger partial charge in [0, 0.05) is 12.3 Å². The summed E-state index contributed by atoms with van der Waals surface area (Å²) in [7, 11) is 0. The van der Waals surface area contributed by atoms with Gasteiger partial charge < -0.3 is 10.1 Å². The van der Waals surface area contributed by atoms with Crippen LogP contribution in [0.3, 0.4) is 0 Å². The summed E-state index contributed by atoms with van der Waals surface area (Å²) in [4.78, 5) is 47.7. The number of aromatic amines is 1. The van der Waals surface area contributed by atoms with Crippen LogP contribution in [0.5, 0.6) is 0 Å². The van der Waals surface area contributed by atoms with Gasteiger partial charge in [0.05, 0.1) is 6.07 Å². The fraction of sp³-hybridized carbons (Fsp3) is 0.500. The average Bonchev–Trinajstić information content (AvgIpc) is 3.33. The maximum absolute atomic E-state index is 11.8. The number of hydrogen-bond donors (Lipinski definition) is 2. The Balaban J connectivity index is 1.84. The molecule has 0 spiro atoms. The third-order valence-corrected chi connectivity index (χ3v) is 3.59. The molecule has 1 aromatic heterocycles. The van der Waals surface area contributed by atoms with Crippen LogP contribution in [0.1, 0.15) is 19.8 Å². The first kappa shape index (κ1) is 16.5. The lowest BCUT2D eigenvalue weighted by Gasteiger charge is -2.22. The van der Waals surface area contributed by atoms with Crippen LogP contribution in [0.15, 0.2) is 21.9 Å². The largest absolute Gasteiger partial charge is 0.454 e. The molecule has 0 aliphatic heterocycles. The van der Waals surface area contributed by atoms with Crippen molar-refractivity contribution >= 4 is 11.9 Å². The monoisotopic (exact) mass is 320 g/mol. The summed E-state index contributed by atoms with van der Waals surface area (Å²) < 4.78 is 5.72. The van der Waals surface area contributed by atoms with Crippen LogP contribution in [0.2, 0.25) is 0 Å². The highest BCUT2D eigenvalue weighted by Gasteiger charge is 2.43. The lowest BCUT2D eigenvalue weighted by molar-refractivity contribution is -0.149. The van der Waals surface area contributed by atoms with Crippen LogP contribution >= 0.6 is 0 Å².